The fourth-order valence-electron chi connectivity index (χ4n) is 8.56. The van der Waals surface area contributed by atoms with Crippen molar-refractivity contribution in [3.63, 3.8) is 0 Å². The lowest BCUT2D eigenvalue weighted by Crippen LogP contribution is -2.58. The zero-order valence-electron chi connectivity index (χ0n) is 38.9. The van der Waals surface area contributed by atoms with Crippen molar-refractivity contribution in [3.8, 4) is 0 Å². The molecule has 0 aromatic rings. The van der Waals surface area contributed by atoms with E-state index in [0.29, 0.717) is 12.8 Å². The fraction of sp³-hybridized carbons (Fsp3) is 0.980. The van der Waals surface area contributed by atoms with E-state index >= 15 is 0 Å². The molecule has 1 aliphatic heterocycles. The Morgan fingerprint density at radius 2 is 0.847 bits per heavy atom. The summed E-state index contributed by atoms with van der Waals surface area (Å²) < 4.78 is 11.3. The molecule has 352 valence electrons. The van der Waals surface area contributed by atoms with E-state index in [4.69, 9.17) is 9.47 Å². The minimum Gasteiger partial charge on any atom is -0.390 e. The molecule has 0 aromatic heterocycles. The smallest absolute Gasteiger partial charge is 0.220 e. The summed E-state index contributed by atoms with van der Waals surface area (Å²) >= 11 is 0. The van der Waals surface area contributed by atoms with Gasteiger partial charge in [0, 0.05) is 6.42 Å². The minimum absolute atomic E-state index is 0.215. The summed E-state index contributed by atoms with van der Waals surface area (Å²) in [6.45, 7) is 5.88. The summed E-state index contributed by atoms with van der Waals surface area (Å²) in [6.07, 6.45) is 37.1. The quantitative estimate of drug-likeness (QED) is 0.0332. The molecule has 1 amide bonds. The molecule has 1 heterocycles. The number of hydrogen-bond acceptors (Lipinski definition) is 8. The standard InChI is InChI=1S/C50H99NO8/c1-4-6-8-10-12-14-16-18-19-20-21-22-23-24-25-26-27-28-30-32-34-36-38-40-45(53)51-43(41-58-50-49(57)48(56)46(54)42(3)59-50)47(55)44(52)39-37-35-33-31-29-17-15-13-11-9-7-5-2/h42-44,46-50,52,54-57H,4-41H2,1-3H3,(H,51,53)/t42?,43-,44+,46-,47-,48-,49?,50+/m0/s1. The first-order valence-electron chi connectivity index (χ1n) is 25.7. The Bertz CT molecular complexity index is 910. The lowest BCUT2D eigenvalue weighted by atomic mass is 9.98. The summed E-state index contributed by atoms with van der Waals surface area (Å²) in [4.78, 5) is 13.0. The van der Waals surface area contributed by atoms with Crippen LogP contribution in [0.3, 0.4) is 0 Å². The Morgan fingerprint density at radius 3 is 1.22 bits per heavy atom. The van der Waals surface area contributed by atoms with E-state index in [-0.39, 0.29) is 12.5 Å². The zero-order valence-corrected chi connectivity index (χ0v) is 38.9. The molecule has 2 unspecified atom stereocenters. The van der Waals surface area contributed by atoms with Gasteiger partial charge in [0.15, 0.2) is 6.29 Å². The van der Waals surface area contributed by atoms with Gasteiger partial charge in [0.1, 0.15) is 24.4 Å². The maximum atomic E-state index is 13.0. The molecule has 59 heavy (non-hydrogen) atoms. The number of unbranched alkanes of at least 4 members (excludes halogenated alkanes) is 33. The lowest BCUT2D eigenvalue weighted by Gasteiger charge is -2.39. The molecule has 1 rings (SSSR count). The van der Waals surface area contributed by atoms with E-state index < -0.39 is 49.0 Å². The number of carbonyl (C=O) groups excluding carboxylic acids is 1. The van der Waals surface area contributed by atoms with Gasteiger partial charge in [0.25, 0.3) is 0 Å². The molecule has 9 nitrogen and oxygen atoms in total. The monoisotopic (exact) mass is 842 g/mol. The molecule has 0 aliphatic carbocycles. The second kappa shape index (κ2) is 40.0. The van der Waals surface area contributed by atoms with Crippen LogP contribution in [0.25, 0.3) is 0 Å². The van der Waals surface area contributed by atoms with Crippen LogP contribution in [-0.2, 0) is 14.3 Å². The SMILES string of the molecule is CCCCCCCCCCCCCCCCCCCCCCCCCC(=O)N[C@@H](CO[C@@H]1OC(C)[C@H](O)[C@H](O)C1O)[C@H](O)[C@H](O)CCCCCCCCCCCCCC. The molecule has 6 N–H and O–H groups in total. The highest BCUT2D eigenvalue weighted by molar-refractivity contribution is 5.76. The van der Waals surface area contributed by atoms with Crippen molar-refractivity contribution in [1.29, 1.82) is 0 Å². The van der Waals surface area contributed by atoms with Crippen LogP contribution in [-0.4, -0.2) is 87.0 Å². The van der Waals surface area contributed by atoms with Gasteiger partial charge >= 0.3 is 0 Å². The van der Waals surface area contributed by atoms with Crippen LogP contribution in [0.4, 0.5) is 0 Å². The van der Waals surface area contributed by atoms with Gasteiger partial charge in [0.05, 0.1) is 24.9 Å². The number of aliphatic hydroxyl groups is 5. The third-order valence-corrected chi connectivity index (χ3v) is 12.8. The van der Waals surface area contributed by atoms with Crippen molar-refractivity contribution in [1.82, 2.24) is 5.32 Å². The number of nitrogens with one attached hydrogen (secondary N) is 1. The normalized spacial score (nSPS) is 21.1. The molecule has 8 atom stereocenters. The largest absolute Gasteiger partial charge is 0.390 e. The van der Waals surface area contributed by atoms with Crippen LogP contribution in [0, 0.1) is 0 Å². The van der Waals surface area contributed by atoms with E-state index in [2.05, 4.69) is 19.2 Å². The number of rotatable bonds is 43. The topological polar surface area (TPSA) is 149 Å². The molecular formula is C50H99NO8. The Balaban J connectivity index is 2.23. The summed E-state index contributed by atoms with van der Waals surface area (Å²) in [7, 11) is 0. The van der Waals surface area contributed by atoms with E-state index in [1.54, 1.807) is 6.92 Å². The van der Waals surface area contributed by atoms with Crippen molar-refractivity contribution in [2.24, 2.45) is 0 Å². The third-order valence-electron chi connectivity index (χ3n) is 12.8. The van der Waals surface area contributed by atoms with Crippen LogP contribution in [0.1, 0.15) is 258 Å². The van der Waals surface area contributed by atoms with Gasteiger partial charge in [-0.15, -0.1) is 0 Å². The third kappa shape index (κ3) is 30.8. The van der Waals surface area contributed by atoms with Crippen molar-refractivity contribution in [2.75, 3.05) is 6.61 Å². The second-order valence-corrected chi connectivity index (χ2v) is 18.5. The van der Waals surface area contributed by atoms with Crippen LogP contribution < -0.4 is 5.32 Å². The predicted octanol–water partition coefficient (Wildman–Crippen LogP) is 11.5. The molecule has 0 bridgehead atoms. The van der Waals surface area contributed by atoms with E-state index in [9.17, 15) is 30.3 Å². The summed E-state index contributed by atoms with van der Waals surface area (Å²) in [5.74, 6) is -0.215. The van der Waals surface area contributed by atoms with Crippen molar-refractivity contribution < 1.29 is 39.8 Å². The van der Waals surface area contributed by atoms with Gasteiger partial charge < -0.3 is 40.3 Å². The van der Waals surface area contributed by atoms with Gasteiger partial charge in [0.2, 0.25) is 5.91 Å². The number of amides is 1. The number of hydrogen-bond donors (Lipinski definition) is 6. The number of aliphatic hydroxyl groups excluding tert-OH is 5. The Labute approximate surface area is 364 Å². The predicted molar refractivity (Wildman–Crippen MR) is 244 cm³/mol. The van der Waals surface area contributed by atoms with Gasteiger partial charge in [-0.05, 0) is 19.8 Å². The average Bonchev–Trinajstić information content (AvgIpc) is 3.23. The van der Waals surface area contributed by atoms with E-state index in [0.717, 1.165) is 38.5 Å². The molecule has 0 aromatic carbocycles. The van der Waals surface area contributed by atoms with Crippen molar-refractivity contribution in [2.45, 2.75) is 307 Å². The molecule has 1 saturated heterocycles. The van der Waals surface area contributed by atoms with Crippen molar-refractivity contribution >= 4 is 5.91 Å². The van der Waals surface area contributed by atoms with Crippen molar-refractivity contribution in [3.05, 3.63) is 0 Å². The molecule has 1 fully saturated rings. The van der Waals surface area contributed by atoms with Crippen LogP contribution in [0.2, 0.25) is 0 Å². The maximum Gasteiger partial charge on any atom is 0.220 e. The molecule has 0 saturated carbocycles. The van der Waals surface area contributed by atoms with Gasteiger partial charge in [-0.1, -0.05) is 232 Å². The molecule has 1 aliphatic rings. The highest BCUT2D eigenvalue weighted by Crippen LogP contribution is 2.23. The minimum atomic E-state index is -1.49. The Morgan fingerprint density at radius 1 is 0.508 bits per heavy atom. The Hall–Kier alpha value is -0.810. The zero-order chi connectivity index (χ0) is 43.2. The van der Waals surface area contributed by atoms with E-state index in [1.807, 2.05) is 0 Å². The summed E-state index contributed by atoms with van der Waals surface area (Å²) in [6, 6.07) is -0.922. The molecule has 9 heteroatoms. The Kier molecular flexibility index (Phi) is 38.1. The van der Waals surface area contributed by atoms with Crippen LogP contribution in [0.5, 0.6) is 0 Å². The highest BCUT2D eigenvalue weighted by Gasteiger charge is 2.43. The molecule has 0 spiro atoms. The van der Waals surface area contributed by atoms with Gasteiger partial charge in [-0.25, -0.2) is 0 Å². The van der Waals surface area contributed by atoms with Gasteiger partial charge in [-0.2, -0.15) is 0 Å². The maximum absolute atomic E-state index is 13.0. The fourth-order valence-corrected chi connectivity index (χ4v) is 8.56. The first kappa shape index (κ1) is 56.2. The van der Waals surface area contributed by atoms with Crippen LogP contribution in [0.15, 0.2) is 0 Å². The second-order valence-electron chi connectivity index (χ2n) is 18.5. The van der Waals surface area contributed by atoms with Gasteiger partial charge in [-0.3, -0.25) is 4.79 Å². The summed E-state index contributed by atoms with van der Waals surface area (Å²) in [5, 5.41) is 55.7. The van der Waals surface area contributed by atoms with E-state index in [1.165, 1.54) is 186 Å². The first-order chi connectivity index (χ1) is 28.7. The number of carbonyl (C=O) groups is 1. The molecule has 0 radical (unpaired) electrons. The van der Waals surface area contributed by atoms with Crippen LogP contribution >= 0.6 is 0 Å². The highest BCUT2D eigenvalue weighted by atomic mass is 16.7. The molecular weight excluding hydrogens is 743 g/mol. The lowest BCUT2D eigenvalue weighted by molar-refractivity contribution is -0.295. The number of ether oxygens (including phenoxy) is 2. The average molecular weight is 842 g/mol. The first-order valence-corrected chi connectivity index (χ1v) is 25.7. The summed E-state index contributed by atoms with van der Waals surface area (Å²) in [5.41, 5.74) is 0.